The molecule has 0 radical (unpaired) electrons. The van der Waals surface area contributed by atoms with Crippen molar-refractivity contribution in [1.82, 2.24) is 5.32 Å². The second-order valence-electron chi connectivity index (χ2n) is 4.41. The van der Waals surface area contributed by atoms with Crippen molar-refractivity contribution in [3.63, 3.8) is 0 Å². The van der Waals surface area contributed by atoms with E-state index in [1.807, 2.05) is 42.5 Å². The predicted molar refractivity (Wildman–Crippen MR) is 76.1 cm³/mol. The van der Waals surface area contributed by atoms with E-state index in [4.69, 9.17) is 4.74 Å². The predicted octanol–water partition coefficient (Wildman–Crippen LogP) is 2.40. The van der Waals surface area contributed by atoms with E-state index in [0.717, 1.165) is 11.1 Å². The van der Waals surface area contributed by atoms with Crippen LogP contribution in [0.25, 0.3) is 0 Å². The molecule has 0 amide bonds. The number of phenols is 1. The summed E-state index contributed by atoms with van der Waals surface area (Å²) in [6.45, 7) is 0.509. The Labute approximate surface area is 118 Å². The van der Waals surface area contributed by atoms with Crippen molar-refractivity contribution < 1.29 is 14.6 Å². The van der Waals surface area contributed by atoms with Gasteiger partial charge in [-0.2, -0.15) is 0 Å². The zero-order valence-corrected chi connectivity index (χ0v) is 11.2. The van der Waals surface area contributed by atoms with Crippen molar-refractivity contribution in [2.45, 2.75) is 12.6 Å². The summed E-state index contributed by atoms with van der Waals surface area (Å²) in [5.74, 6) is -0.101. The van der Waals surface area contributed by atoms with Gasteiger partial charge in [0, 0.05) is 6.54 Å². The fourth-order valence-corrected chi connectivity index (χ4v) is 1.93. The van der Waals surface area contributed by atoms with Crippen molar-refractivity contribution in [2.24, 2.45) is 0 Å². The normalized spacial score (nSPS) is 11.8. The largest absolute Gasteiger partial charge is 0.508 e. The van der Waals surface area contributed by atoms with Gasteiger partial charge < -0.3 is 9.84 Å². The lowest BCUT2D eigenvalue weighted by Crippen LogP contribution is -2.29. The summed E-state index contributed by atoms with van der Waals surface area (Å²) >= 11 is 0. The summed E-state index contributed by atoms with van der Waals surface area (Å²) in [6.07, 6.45) is 0. The standard InChI is InChI=1S/C16H17NO3/c1-20-16(19)15(13-5-3-2-4-6-13)17-11-12-7-9-14(18)10-8-12/h2-10,15,17-18H,11H2,1H3. The van der Waals surface area contributed by atoms with Gasteiger partial charge in [-0.3, -0.25) is 5.32 Å². The van der Waals surface area contributed by atoms with Gasteiger partial charge in [0.15, 0.2) is 0 Å². The number of hydrogen-bond donors (Lipinski definition) is 2. The lowest BCUT2D eigenvalue weighted by Gasteiger charge is -2.17. The second kappa shape index (κ2) is 6.73. The zero-order chi connectivity index (χ0) is 14.4. The first kappa shape index (κ1) is 14.1. The van der Waals surface area contributed by atoms with Crippen LogP contribution in [0.5, 0.6) is 5.75 Å². The van der Waals surface area contributed by atoms with Crippen molar-refractivity contribution in [1.29, 1.82) is 0 Å². The van der Waals surface area contributed by atoms with Gasteiger partial charge in [0.2, 0.25) is 0 Å². The zero-order valence-electron chi connectivity index (χ0n) is 11.2. The van der Waals surface area contributed by atoms with Gasteiger partial charge in [-0.1, -0.05) is 42.5 Å². The molecule has 2 aromatic carbocycles. The maximum absolute atomic E-state index is 11.9. The summed E-state index contributed by atoms with van der Waals surface area (Å²) in [5.41, 5.74) is 1.84. The number of nitrogens with one attached hydrogen (secondary N) is 1. The topological polar surface area (TPSA) is 58.6 Å². The van der Waals surface area contributed by atoms with Gasteiger partial charge in [-0.25, -0.2) is 4.79 Å². The highest BCUT2D eigenvalue weighted by atomic mass is 16.5. The van der Waals surface area contributed by atoms with Crippen LogP contribution in [0.3, 0.4) is 0 Å². The van der Waals surface area contributed by atoms with E-state index in [0.29, 0.717) is 6.54 Å². The highest BCUT2D eigenvalue weighted by molar-refractivity contribution is 5.77. The first-order chi connectivity index (χ1) is 9.70. The van der Waals surface area contributed by atoms with Crippen molar-refractivity contribution in [2.75, 3.05) is 7.11 Å². The number of carbonyl (C=O) groups excluding carboxylic acids is 1. The number of ether oxygens (including phenoxy) is 1. The van der Waals surface area contributed by atoms with Gasteiger partial charge >= 0.3 is 5.97 Å². The lowest BCUT2D eigenvalue weighted by atomic mass is 10.1. The average Bonchev–Trinajstić information content (AvgIpc) is 2.50. The number of carbonyl (C=O) groups is 1. The Balaban J connectivity index is 2.09. The van der Waals surface area contributed by atoms with Crippen LogP contribution in [0.1, 0.15) is 17.2 Å². The molecule has 104 valence electrons. The first-order valence-electron chi connectivity index (χ1n) is 6.35. The van der Waals surface area contributed by atoms with E-state index >= 15 is 0 Å². The van der Waals surface area contributed by atoms with E-state index < -0.39 is 6.04 Å². The minimum absolute atomic E-state index is 0.223. The Kier molecular flexibility index (Phi) is 4.74. The van der Waals surface area contributed by atoms with Crippen molar-refractivity contribution in [3.8, 4) is 5.75 Å². The molecule has 1 unspecified atom stereocenters. The molecular formula is C16H17NO3. The van der Waals surface area contributed by atoms with Crippen LogP contribution in [0.15, 0.2) is 54.6 Å². The molecule has 0 aliphatic heterocycles. The molecule has 0 aliphatic carbocycles. The Morgan fingerprint density at radius 3 is 2.40 bits per heavy atom. The smallest absolute Gasteiger partial charge is 0.327 e. The molecule has 4 nitrogen and oxygen atoms in total. The summed E-state index contributed by atoms with van der Waals surface area (Å²) in [5, 5.41) is 12.4. The van der Waals surface area contributed by atoms with Gasteiger partial charge in [0.1, 0.15) is 11.8 Å². The van der Waals surface area contributed by atoms with Crippen molar-refractivity contribution in [3.05, 3.63) is 65.7 Å². The third-order valence-corrected chi connectivity index (χ3v) is 3.02. The molecule has 1 atom stereocenters. The molecule has 2 N–H and O–H groups in total. The molecule has 0 bridgehead atoms. The third-order valence-electron chi connectivity index (χ3n) is 3.02. The molecule has 0 saturated heterocycles. The molecule has 2 aromatic rings. The van der Waals surface area contributed by atoms with Crippen LogP contribution in [-0.2, 0) is 16.1 Å². The minimum Gasteiger partial charge on any atom is -0.508 e. The molecular weight excluding hydrogens is 254 g/mol. The van der Waals surface area contributed by atoms with Crippen LogP contribution in [-0.4, -0.2) is 18.2 Å². The minimum atomic E-state index is -0.505. The fraction of sp³-hybridized carbons (Fsp3) is 0.188. The molecule has 0 spiro atoms. The second-order valence-corrected chi connectivity index (χ2v) is 4.41. The number of esters is 1. The Morgan fingerprint density at radius 1 is 1.15 bits per heavy atom. The van der Waals surface area contributed by atoms with Gasteiger partial charge in [0.25, 0.3) is 0 Å². The number of rotatable bonds is 5. The summed E-state index contributed by atoms with van der Waals surface area (Å²) in [4.78, 5) is 11.9. The van der Waals surface area contributed by atoms with Crippen LogP contribution in [0, 0.1) is 0 Å². The van der Waals surface area contributed by atoms with E-state index in [9.17, 15) is 9.90 Å². The SMILES string of the molecule is COC(=O)C(NCc1ccc(O)cc1)c1ccccc1. The van der Waals surface area contributed by atoms with Gasteiger partial charge in [-0.15, -0.1) is 0 Å². The Bertz CT molecular complexity index is 552. The maximum atomic E-state index is 11.9. The molecule has 2 rings (SSSR count). The van der Waals surface area contributed by atoms with E-state index in [-0.39, 0.29) is 11.7 Å². The molecule has 0 aromatic heterocycles. The summed E-state index contributed by atoms with van der Waals surface area (Å²) in [6, 6.07) is 15.8. The highest BCUT2D eigenvalue weighted by Gasteiger charge is 2.20. The number of aromatic hydroxyl groups is 1. The fourth-order valence-electron chi connectivity index (χ4n) is 1.93. The van der Waals surface area contributed by atoms with Crippen molar-refractivity contribution >= 4 is 5.97 Å². The number of methoxy groups -OCH3 is 1. The molecule has 0 aliphatic rings. The Hall–Kier alpha value is -2.33. The highest BCUT2D eigenvalue weighted by Crippen LogP contribution is 2.16. The molecule has 0 fully saturated rings. The third kappa shape index (κ3) is 3.59. The number of phenolic OH excluding ortho intramolecular Hbond substituents is 1. The maximum Gasteiger partial charge on any atom is 0.327 e. The first-order valence-corrected chi connectivity index (χ1v) is 6.35. The molecule has 4 heteroatoms. The molecule has 20 heavy (non-hydrogen) atoms. The van der Waals surface area contributed by atoms with Crippen LogP contribution >= 0.6 is 0 Å². The molecule has 0 heterocycles. The van der Waals surface area contributed by atoms with E-state index in [1.165, 1.54) is 7.11 Å². The van der Waals surface area contributed by atoms with Crippen LogP contribution < -0.4 is 5.32 Å². The monoisotopic (exact) mass is 271 g/mol. The average molecular weight is 271 g/mol. The van der Waals surface area contributed by atoms with Crippen LogP contribution in [0.4, 0.5) is 0 Å². The molecule has 0 saturated carbocycles. The lowest BCUT2D eigenvalue weighted by molar-refractivity contribution is -0.143. The van der Waals surface area contributed by atoms with Gasteiger partial charge in [0.05, 0.1) is 7.11 Å². The van der Waals surface area contributed by atoms with Gasteiger partial charge in [-0.05, 0) is 23.3 Å². The summed E-state index contributed by atoms with van der Waals surface area (Å²) < 4.78 is 4.83. The summed E-state index contributed by atoms with van der Waals surface area (Å²) in [7, 11) is 1.38. The van der Waals surface area contributed by atoms with E-state index in [2.05, 4.69) is 5.32 Å². The number of hydrogen-bond acceptors (Lipinski definition) is 4. The quantitative estimate of drug-likeness (QED) is 0.820. The van der Waals surface area contributed by atoms with Crippen LogP contribution in [0.2, 0.25) is 0 Å². The Morgan fingerprint density at radius 2 is 1.80 bits per heavy atom. The van der Waals surface area contributed by atoms with E-state index in [1.54, 1.807) is 12.1 Å². The number of benzene rings is 2.